The van der Waals surface area contributed by atoms with Gasteiger partial charge < -0.3 is 10.2 Å². The molecule has 0 radical (unpaired) electrons. The molecule has 1 aliphatic carbocycles. The monoisotopic (exact) mass is 293 g/mol. The molecule has 1 N–H and O–H groups in total. The first-order valence-corrected chi connectivity index (χ1v) is 7.61. The van der Waals surface area contributed by atoms with Crippen molar-refractivity contribution in [1.29, 1.82) is 0 Å². The molecule has 1 fully saturated rings. The average Bonchev–Trinajstić information content (AvgIpc) is 2.75. The van der Waals surface area contributed by atoms with Crippen LogP contribution in [0.3, 0.4) is 0 Å². The second-order valence-electron chi connectivity index (χ2n) is 5.44. The fraction of sp³-hybridized carbons (Fsp3) is 0.714. The molecule has 0 aliphatic heterocycles. The summed E-state index contributed by atoms with van der Waals surface area (Å²) >= 11 is 0. The van der Waals surface area contributed by atoms with Crippen LogP contribution in [0.2, 0.25) is 0 Å². The molecule has 21 heavy (non-hydrogen) atoms. The lowest BCUT2D eigenvalue weighted by Crippen LogP contribution is -2.32. The highest BCUT2D eigenvalue weighted by Gasteiger charge is 2.28. The Hall–Kier alpha value is -1.92. The maximum absolute atomic E-state index is 11.4. The Labute approximate surface area is 124 Å². The molecule has 1 aromatic heterocycles. The highest BCUT2D eigenvalue weighted by atomic mass is 16.6. The van der Waals surface area contributed by atoms with E-state index in [2.05, 4.69) is 15.3 Å². The zero-order valence-electron chi connectivity index (χ0n) is 12.7. The first-order valence-electron chi connectivity index (χ1n) is 7.61. The molecule has 0 bridgehead atoms. The molecule has 0 aromatic carbocycles. The minimum absolute atomic E-state index is 0.0221. The van der Waals surface area contributed by atoms with Crippen LogP contribution in [0, 0.1) is 10.1 Å². The number of rotatable bonds is 5. The van der Waals surface area contributed by atoms with Crippen molar-refractivity contribution in [2.45, 2.75) is 51.5 Å². The number of nitrogens with one attached hydrogen (secondary N) is 1. The van der Waals surface area contributed by atoms with Crippen LogP contribution in [0.15, 0.2) is 6.33 Å². The van der Waals surface area contributed by atoms with Gasteiger partial charge in [0.15, 0.2) is 0 Å². The Kier molecular flexibility index (Phi) is 5.30. The van der Waals surface area contributed by atoms with Gasteiger partial charge in [-0.1, -0.05) is 25.7 Å². The third-order valence-electron chi connectivity index (χ3n) is 4.04. The summed E-state index contributed by atoms with van der Waals surface area (Å²) in [5.74, 6) is 0.714. The van der Waals surface area contributed by atoms with E-state index < -0.39 is 0 Å². The topological polar surface area (TPSA) is 84.2 Å². The summed E-state index contributed by atoms with van der Waals surface area (Å²) in [6.07, 6.45) is 8.37. The summed E-state index contributed by atoms with van der Waals surface area (Å²) in [5.41, 5.74) is -0.0221. The van der Waals surface area contributed by atoms with E-state index in [-0.39, 0.29) is 10.6 Å². The summed E-state index contributed by atoms with van der Waals surface area (Å²) in [6, 6.07) is 0.315. The van der Waals surface area contributed by atoms with Crippen LogP contribution in [-0.4, -0.2) is 34.5 Å². The summed E-state index contributed by atoms with van der Waals surface area (Å²) in [6.45, 7) is 2.48. The molecule has 2 rings (SSSR count). The fourth-order valence-corrected chi connectivity index (χ4v) is 2.91. The summed E-state index contributed by atoms with van der Waals surface area (Å²) < 4.78 is 0. The average molecular weight is 293 g/mol. The van der Waals surface area contributed by atoms with Crippen LogP contribution in [0.5, 0.6) is 0 Å². The van der Waals surface area contributed by atoms with Crippen molar-refractivity contribution in [3.05, 3.63) is 16.4 Å². The van der Waals surface area contributed by atoms with Gasteiger partial charge in [-0.05, 0) is 19.8 Å². The Morgan fingerprint density at radius 3 is 2.57 bits per heavy atom. The van der Waals surface area contributed by atoms with Crippen molar-refractivity contribution in [1.82, 2.24) is 9.97 Å². The Balaban J connectivity index is 2.32. The molecule has 0 spiro atoms. The van der Waals surface area contributed by atoms with Gasteiger partial charge in [-0.2, -0.15) is 0 Å². The van der Waals surface area contributed by atoms with Crippen molar-refractivity contribution in [3.8, 4) is 0 Å². The van der Waals surface area contributed by atoms with Gasteiger partial charge in [-0.25, -0.2) is 9.97 Å². The molecule has 116 valence electrons. The number of aromatic nitrogens is 2. The van der Waals surface area contributed by atoms with Crippen LogP contribution >= 0.6 is 0 Å². The van der Waals surface area contributed by atoms with Crippen LogP contribution in [0.4, 0.5) is 17.3 Å². The highest BCUT2D eigenvalue weighted by Crippen LogP contribution is 2.34. The van der Waals surface area contributed by atoms with Gasteiger partial charge in [0.2, 0.25) is 11.6 Å². The molecule has 1 saturated carbocycles. The molecule has 1 aliphatic rings. The molecular weight excluding hydrogens is 270 g/mol. The van der Waals surface area contributed by atoms with E-state index in [1.807, 2.05) is 18.9 Å². The fourth-order valence-electron chi connectivity index (χ4n) is 2.91. The number of hydrogen-bond acceptors (Lipinski definition) is 6. The van der Waals surface area contributed by atoms with E-state index in [1.54, 1.807) is 0 Å². The summed E-state index contributed by atoms with van der Waals surface area (Å²) in [7, 11) is 1.90. The summed E-state index contributed by atoms with van der Waals surface area (Å²) in [4.78, 5) is 21.2. The zero-order chi connectivity index (χ0) is 15.2. The van der Waals surface area contributed by atoms with E-state index >= 15 is 0 Å². The van der Waals surface area contributed by atoms with Gasteiger partial charge in [-0.3, -0.25) is 10.1 Å². The van der Waals surface area contributed by atoms with Crippen LogP contribution < -0.4 is 10.2 Å². The van der Waals surface area contributed by atoms with Gasteiger partial charge in [0.05, 0.1) is 4.92 Å². The lowest BCUT2D eigenvalue weighted by atomic mass is 10.1. The highest BCUT2D eigenvalue weighted by molar-refractivity contribution is 5.70. The lowest BCUT2D eigenvalue weighted by molar-refractivity contribution is -0.383. The maximum atomic E-state index is 11.4. The number of nitro groups is 1. The smallest absolute Gasteiger partial charge is 0.353 e. The van der Waals surface area contributed by atoms with Crippen molar-refractivity contribution in [3.63, 3.8) is 0 Å². The van der Waals surface area contributed by atoms with Crippen molar-refractivity contribution in [2.24, 2.45) is 0 Å². The zero-order valence-corrected chi connectivity index (χ0v) is 12.7. The third kappa shape index (κ3) is 3.59. The van der Waals surface area contributed by atoms with Gasteiger partial charge >= 0.3 is 5.69 Å². The second kappa shape index (κ2) is 7.19. The minimum Gasteiger partial charge on any atom is -0.364 e. The predicted molar refractivity (Wildman–Crippen MR) is 82.7 cm³/mol. The van der Waals surface area contributed by atoms with Gasteiger partial charge in [0.25, 0.3) is 0 Å². The Morgan fingerprint density at radius 1 is 1.33 bits per heavy atom. The van der Waals surface area contributed by atoms with Crippen LogP contribution in [0.25, 0.3) is 0 Å². The summed E-state index contributed by atoms with van der Waals surface area (Å²) in [5, 5.41) is 14.4. The first-order chi connectivity index (χ1) is 10.1. The second-order valence-corrected chi connectivity index (χ2v) is 5.44. The van der Waals surface area contributed by atoms with E-state index in [4.69, 9.17) is 0 Å². The molecular formula is C14H23N5O2. The normalized spacial score (nSPS) is 16.3. The van der Waals surface area contributed by atoms with Gasteiger partial charge in [0.1, 0.15) is 6.33 Å². The first kappa shape index (κ1) is 15.5. The number of anilines is 2. The molecule has 7 heteroatoms. The molecule has 1 heterocycles. The molecule has 0 unspecified atom stereocenters. The SMILES string of the molecule is CCNc1ncnc(N(C)C2CCCCCC2)c1[N+](=O)[O-]. The minimum atomic E-state index is -0.388. The van der Waals surface area contributed by atoms with Crippen molar-refractivity contribution in [2.75, 3.05) is 23.8 Å². The Bertz CT molecular complexity index is 486. The van der Waals surface area contributed by atoms with Crippen LogP contribution in [0.1, 0.15) is 45.4 Å². The van der Waals surface area contributed by atoms with Gasteiger partial charge in [-0.15, -0.1) is 0 Å². The Morgan fingerprint density at radius 2 is 2.00 bits per heavy atom. The largest absolute Gasteiger partial charge is 0.364 e. The quantitative estimate of drug-likeness (QED) is 0.510. The van der Waals surface area contributed by atoms with E-state index in [0.717, 1.165) is 12.8 Å². The molecule has 0 amide bonds. The van der Waals surface area contributed by atoms with Crippen LogP contribution in [-0.2, 0) is 0 Å². The number of hydrogen-bond donors (Lipinski definition) is 1. The maximum Gasteiger partial charge on any atom is 0.353 e. The molecule has 0 saturated heterocycles. The van der Waals surface area contributed by atoms with Crippen molar-refractivity contribution >= 4 is 17.3 Å². The number of nitrogens with zero attached hydrogens (tertiary/aromatic N) is 4. The van der Waals surface area contributed by atoms with E-state index in [9.17, 15) is 10.1 Å². The van der Waals surface area contributed by atoms with E-state index in [0.29, 0.717) is 24.2 Å². The lowest BCUT2D eigenvalue weighted by Gasteiger charge is -2.28. The molecule has 7 nitrogen and oxygen atoms in total. The van der Waals surface area contributed by atoms with Gasteiger partial charge in [0, 0.05) is 19.6 Å². The predicted octanol–water partition coefficient (Wildman–Crippen LogP) is 2.98. The molecule has 0 atom stereocenters. The third-order valence-corrected chi connectivity index (χ3v) is 4.04. The standard InChI is InChI=1S/C14H23N5O2/c1-3-15-13-12(19(20)21)14(17-10-16-13)18(2)11-8-6-4-5-7-9-11/h10-11H,3-9H2,1-2H3,(H,15,16,17). The molecule has 1 aromatic rings. The van der Waals surface area contributed by atoms with Crippen molar-refractivity contribution < 1.29 is 4.92 Å². The van der Waals surface area contributed by atoms with E-state index in [1.165, 1.54) is 32.0 Å².